The van der Waals surface area contributed by atoms with Gasteiger partial charge in [0.25, 0.3) is 20.2 Å². The van der Waals surface area contributed by atoms with Crippen LogP contribution >= 0.6 is 0 Å². The molecule has 2 heterocycles. The van der Waals surface area contributed by atoms with Gasteiger partial charge in [-0.15, -0.1) is 0 Å². The number of benzene rings is 2. The molecule has 0 radical (unpaired) electrons. The van der Waals surface area contributed by atoms with Crippen molar-refractivity contribution < 1.29 is 30.5 Å². The van der Waals surface area contributed by atoms with E-state index in [1.807, 2.05) is 65.0 Å². The fourth-order valence-corrected chi connectivity index (χ4v) is 6.04. The molecule has 3 N–H and O–H groups in total. The number of nitrogens with one attached hydrogen (secondary N) is 1. The minimum atomic E-state index is -4.30. The predicted octanol–water partition coefficient (Wildman–Crippen LogP) is 4.98. The summed E-state index contributed by atoms with van der Waals surface area (Å²) in [7, 11) is -8.59. The molecule has 2 aromatic rings. The van der Waals surface area contributed by atoms with Crippen molar-refractivity contribution in [2.75, 3.05) is 11.9 Å². The Morgan fingerprint density at radius 1 is 0.838 bits per heavy atom. The zero-order valence-electron chi connectivity index (χ0n) is 21.3. The van der Waals surface area contributed by atoms with Crippen molar-refractivity contribution in [2.24, 2.45) is 0 Å². The Morgan fingerprint density at radius 2 is 1.43 bits per heavy atom. The molecule has 8 nitrogen and oxygen atoms in total. The monoisotopic (exact) mass is 543 g/mol. The van der Waals surface area contributed by atoms with Gasteiger partial charge in [0.1, 0.15) is 6.54 Å². The van der Waals surface area contributed by atoms with Gasteiger partial charge in [-0.25, -0.2) is 0 Å². The maximum Gasteiger partial charge on any atom is 0.294 e. The lowest BCUT2D eigenvalue weighted by Crippen LogP contribution is -2.27. The fourth-order valence-electron chi connectivity index (χ4n) is 5.02. The summed E-state index contributed by atoms with van der Waals surface area (Å²) in [5.74, 6) is 0. The van der Waals surface area contributed by atoms with Gasteiger partial charge in [-0.3, -0.25) is 9.11 Å². The minimum absolute atomic E-state index is 0.122. The van der Waals surface area contributed by atoms with Gasteiger partial charge in [-0.2, -0.15) is 21.4 Å². The summed E-state index contributed by atoms with van der Waals surface area (Å²) < 4.78 is 67.5. The first-order valence-electron chi connectivity index (χ1n) is 11.8. The van der Waals surface area contributed by atoms with Gasteiger partial charge in [-0.05, 0) is 62.7 Å². The lowest BCUT2D eigenvalue weighted by Gasteiger charge is -2.20. The van der Waals surface area contributed by atoms with E-state index in [-0.39, 0.29) is 9.79 Å². The van der Waals surface area contributed by atoms with Crippen LogP contribution in [0.15, 0.2) is 82.3 Å². The standard InChI is InChI=1S/C27H30N2O6S2/c1-6-29-23-15-13-19(37(33,34)35)17-21(23)27(4,5)25(29)11-9-7-8-10-24-26(2,3)20-16-18(36(30,31)32)12-14-22(20)28-24/h7-17H,6H2,1-5H3,(H2,30,31,32,33,34,35)/p+1. The Kier molecular flexibility index (Phi) is 6.61. The van der Waals surface area contributed by atoms with E-state index in [9.17, 15) is 25.9 Å². The Balaban J connectivity index is 1.59. The van der Waals surface area contributed by atoms with Crippen LogP contribution in [0.1, 0.15) is 45.7 Å². The summed E-state index contributed by atoms with van der Waals surface area (Å²) in [4.78, 5) is -0.259. The highest BCUT2D eigenvalue weighted by Crippen LogP contribution is 2.44. The van der Waals surface area contributed by atoms with Crippen molar-refractivity contribution in [1.29, 1.82) is 0 Å². The first-order valence-corrected chi connectivity index (χ1v) is 14.7. The second kappa shape index (κ2) is 9.05. The van der Waals surface area contributed by atoms with Gasteiger partial charge in [-0.1, -0.05) is 32.1 Å². The Hall–Kier alpha value is -3.05. The van der Waals surface area contributed by atoms with Crippen LogP contribution in [0.3, 0.4) is 0 Å². The van der Waals surface area contributed by atoms with E-state index in [1.54, 1.807) is 12.1 Å². The lowest BCUT2D eigenvalue weighted by atomic mass is 9.81. The van der Waals surface area contributed by atoms with Crippen LogP contribution in [0.4, 0.5) is 11.4 Å². The third-order valence-corrected chi connectivity index (χ3v) is 8.82. The van der Waals surface area contributed by atoms with Crippen LogP contribution in [-0.4, -0.2) is 42.8 Å². The van der Waals surface area contributed by atoms with E-state index in [0.29, 0.717) is 6.54 Å². The summed E-state index contributed by atoms with van der Waals surface area (Å²) >= 11 is 0. The lowest BCUT2D eigenvalue weighted by molar-refractivity contribution is -0.433. The molecule has 2 aliphatic rings. The first-order chi connectivity index (χ1) is 17.1. The molecule has 196 valence electrons. The van der Waals surface area contributed by atoms with E-state index in [0.717, 1.165) is 33.9 Å². The Morgan fingerprint density at radius 3 is 2.03 bits per heavy atom. The highest BCUT2D eigenvalue weighted by atomic mass is 32.2. The van der Waals surface area contributed by atoms with Crippen molar-refractivity contribution in [3.63, 3.8) is 0 Å². The smallest absolute Gasteiger partial charge is 0.294 e. The van der Waals surface area contributed by atoms with Gasteiger partial charge in [0.05, 0.1) is 15.2 Å². The maximum atomic E-state index is 11.7. The summed E-state index contributed by atoms with van der Waals surface area (Å²) in [6.07, 6.45) is 9.61. The number of anilines is 1. The molecule has 0 saturated carbocycles. The van der Waals surface area contributed by atoms with E-state index in [1.165, 1.54) is 24.3 Å². The van der Waals surface area contributed by atoms with Gasteiger partial charge < -0.3 is 5.32 Å². The molecular weight excluding hydrogens is 512 g/mol. The number of hydrogen-bond donors (Lipinski definition) is 3. The fraction of sp³-hybridized carbons (Fsp3) is 0.296. The second-order valence-electron chi connectivity index (χ2n) is 10.2. The maximum absolute atomic E-state index is 11.7. The van der Waals surface area contributed by atoms with Crippen molar-refractivity contribution in [3.8, 4) is 0 Å². The van der Waals surface area contributed by atoms with Gasteiger partial charge in [0.15, 0.2) is 5.71 Å². The average molecular weight is 544 g/mol. The molecule has 0 aromatic heterocycles. The van der Waals surface area contributed by atoms with Crippen LogP contribution in [0.25, 0.3) is 0 Å². The largest absolute Gasteiger partial charge is 0.358 e. The van der Waals surface area contributed by atoms with Crippen molar-refractivity contribution in [1.82, 2.24) is 0 Å². The average Bonchev–Trinajstić information content (AvgIpc) is 3.18. The number of nitrogens with zero attached hydrogens (tertiary/aromatic N) is 1. The molecule has 2 aliphatic heterocycles. The van der Waals surface area contributed by atoms with Gasteiger partial charge in [0, 0.05) is 34.5 Å². The topological polar surface area (TPSA) is 124 Å². The summed E-state index contributed by atoms with van der Waals surface area (Å²) in [6.45, 7) is 10.7. The number of rotatable bonds is 6. The highest BCUT2D eigenvalue weighted by Gasteiger charge is 2.44. The molecular formula is C27H31N2O6S2+. The summed E-state index contributed by atoms with van der Waals surface area (Å²) in [5, 5.41) is 3.32. The Labute approximate surface area is 218 Å². The third-order valence-electron chi connectivity index (χ3n) is 7.12. The molecule has 0 bridgehead atoms. The van der Waals surface area contributed by atoms with Crippen molar-refractivity contribution in [2.45, 2.75) is 55.2 Å². The molecule has 0 amide bonds. The zero-order chi connectivity index (χ0) is 27.4. The molecule has 0 atom stereocenters. The first kappa shape index (κ1) is 27.0. The van der Waals surface area contributed by atoms with Crippen LogP contribution < -0.4 is 5.32 Å². The Bertz CT molecular complexity index is 1630. The summed E-state index contributed by atoms with van der Waals surface area (Å²) in [5.41, 5.74) is 4.22. The predicted molar refractivity (Wildman–Crippen MR) is 144 cm³/mol. The normalized spacial score (nSPS) is 19.6. The zero-order valence-corrected chi connectivity index (χ0v) is 23.0. The number of fused-ring (bicyclic) bond motifs is 2. The SMILES string of the molecule is CC[N+]1=C(/C=C/C=C/C=C2/Nc3ccc(S(=O)(=O)O)cc3C2(C)C)C(C)(C)c2cc(S(=O)(=O)O)ccc21. The third kappa shape index (κ3) is 4.82. The minimum Gasteiger partial charge on any atom is -0.358 e. The molecule has 0 fully saturated rings. The molecule has 0 spiro atoms. The second-order valence-corrected chi connectivity index (χ2v) is 13.0. The van der Waals surface area contributed by atoms with Crippen LogP contribution in [0.5, 0.6) is 0 Å². The van der Waals surface area contributed by atoms with Crippen molar-refractivity contribution >= 4 is 37.3 Å². The highest BCUT2D eigenvalue weighted by molar-refractivity contribution is 7.86. The van der Waals surface area contributed by atoms with Gasteiger partial charge in [0.2, 0.25) is 5.69 Å². The summed E-state index contributed by atoms with van der Waals surface area (Å²) in [6, 6.07) is 9.19. The molecule has 0 saturated heterocycles. The van der Waals surface area contributed by atoms with E-state index < -0.39 is 31.1 Å². The van der Waals surface area contributed by atoms with Crippen molar-refractivity contribution in [3.05, 3.63) is 83.6 Å². The van der Waals surface area contributed by atoms with Crippen LogP contribution in [-0.2, 0) is 31.1 Å². The number of hydrogen-bond acceptors (Lipinski definition) is 5. The molecule has 0 aliphatic carbocycles. The van der Waals surface area contributed by atoms with E-state index >= 15 is 0 Å². The quantitative estimate of drug-likeness (QED) is 0.267. The van der Waals surface area contributed by atoms with Crippen LogP contribution in [0, 0.1) is 0 Å². The van der Waals surface area contributed by atoms with E-state index in [2.05, 4.69) is 9.89 Å². The molecule has 37 heavy (non-hydrogen) atoms. The van der Waals surface area contributed by atoms with Crippen LogP contribution in [0.2, 0.25) is 0 Å². The molecule has 4 rings (SSSR count). The number of allylic oxidation sites excluding steroid dienone is 6. The molecule has 0 unspecified atom stereocenters. The molecule has 2 aromatic carbocycles. The van der Waals surface area contributed by atoms with E-state index in [4.69, 9.17) is 0 Å². The van der Waals surface area contributed by atoms with Gasteiger partial charge >= 0.3 is 0 Å². The molecule has 10 heteroatoms.